The van der Waals surface area contributed by atoms with Crippen LogP contribution in [0.25, 0.3) is 22.6 Å². The first kappa shape index (κ1) is 75.8. The van der Waals surface area contributed by atoms with Crippen LogP contribution in [0.3, 0.4) is 0 Å². The third-order valence-electron chi connectivity index (χ3n) is 15.2. The predicted molar refractivity (Wildman–Crippen MR) is 369 cm³/mol. The fourth-order valence-electron chi connectivity index (χ4n) is 10.4. The van der Waals surface area contributed by atoms with Gasteiger partial charge in [-0.05, 0) is 185 Å². The Morgan fingerprint density at radius 3 is 1.19 bits per heavy atom. The van der Waals surface area contributed by atoms with E-state index in [0.717, 1.165) is 56.4 Å². The molecular weight excluding hydrogens is 1420 g/mol. The van der Waals surface area contributed by atoms with Crippen LogP contribution in [0.5, 0.6) is 23.0 Å². The van der Waals surface area contributed by atoms with Gasteiger partial charge < -0.3 is 48.2 Å². The number of carboxylic acid groups (broad SMARTS) is 1. The Morgan fingerprint density at radius 1 is 0.476 bits per heavy atom. The van der Waals surface area contributed by atoms with Gasteiger partial charge in [0.2, 0.25) is 5.56 Å². The van der Waals surface area contributed by atoms with Crippen molar-refractivity contribution in [2.45, 2.75) is 88.7 Å². The number of imidazole rings is 4. The molecule has 534 valence electrons. The van der Waals surface area contributed by atoms with Crippen LogP contribution in [-0.2, 0) is 31.2 Å². The van der Waals surface area contributed by atoms with Gasteiger partial charge in [0.15, 0.2) is 57.0 Å². The zero-order valence-electron chi connectivity index (χ0n) is 56.6. The van der Waals surface area contributed by atoms with Crippen molar-refractivity contribution in [3.63, 3.8) is 0 Å². The molecule has 0 unspecified atom stereocenters. The summed E-state index contributed by atoms with van der Waals surface area (Å²) >= 11 is 3.46. The lowest BCUT2D eigenvalue weighted by Gasteiger charge is -2.11. The minimum absolute atomic E-state index is 0.0237. The number of nitrogens with one attached hydrogen (secondary N) is 1. The molecular formula is C73H65BBrF8N9O11. The number of carboxylic acids is 1. The molecule has 4 N–H and O–H groups in total. The number of benzene rings is 4. The summed E-state index contributed by atoms with van der Waals surface area (Å²) in [6.45, 7) is 15.4. The molecule has 0 aliphatic heterocycles. The van der Waals surface area contributed by atoms with Crippen molar-refractivity contribution in [2.75, 3.05) is 6.61 Å². The average Bonchev–Trinajstić information content (AvgIpc) is 1.70. The van der Waals surface area contributed by atoms with Crippen LogP contribution in [0.15, 0.2) is 156 Å². The number of aromatic carboxylic acids is 1. The molecule has 0 spiro atoms. The number of rotatable bonds is 16. The van der Waals surface area contributed by atoms with Crippen LogP contribution < -0.4 is 30.0 Å². The van der Waals surface area contributed by atoms with Gasteiger partial charge in [-0.25, -0.2) is 64.6 Å². The highest BCUT2D eigenvalue weighted by molar-refractivity contribution is 9.10. The summed E-state index contributed by atoms with van der Waals surface area (Å²) in [6.07, 6.45) is 10.4. The summed E-state index contributed by atoms with van der Waals surface area (Å²) < 4.78 is 145. The molecule has 103 heavy (non-hydrogen) atoms. The van der Waals surface area contributed by atoms with Crippen molar-refractivity contribution in [3.8, 4) is 23.0 Å². The van der Waals surface area contributed by atoms with Crippen molar-refractivity contribution in [1.82, 2.24) is 42.5 Å². The van der Waals surface area contributed by atoms with E-state index in [1.165, 1.54) is 77.3 Å². The summed E-state index contributed by atoms with van der Waals surface area (Å²) in [5.41, 5.74) is 7.47. The summed E-state index contributed by atoms with van der Waals surface area (Å²) in [6, 6.07) is 24.2. The molecule has 9 aromatic heterocycles. The lowest BCUT2D eigenvalue weighted by Crippen LogP contribution is -2.32. The molecule has 0 bridgehead atoms. The molecule has 30 heteroatoms. The van der Waals surface area contributed by atoms with Crippen LogP contribution in [0, 0.1) is 102 Å². The van der Waals surface area contributed by atoms with Crippen molar-refractivity contribution in [3.05, 3.63) is 287 Å². The van der Waals surface area contributed by atoms with Crippen LogP contribution in [-0.4, -0.2) is 83.3 Å². The van der Waals surface area contributed by atoms with E-state index in [4.69, 9.17) is 33.7 Å². The topological polar surface area (TPSA) is 243 Å². The summed E-state index contributed by atoms with van der Waals surface area (Å²) in [4.78, 5) is 53.8. The number of aryl methyl sites for hydroxylation is 8. The van der Waals surface area contributed by atoms with E-state index < -0.39 is 65.6 Å². The molecule has 0 aliphatic rings. The Kier molecular flexibility index (Phi) is 24.6. The largest absolute Gasteiger partial charge is 0.488 e. The zero-order valence-corrected chi connectivity index (χ0v) is 58.1. The van der Waals surface area contributed by atoms with E-state index in [1.807, 2.05) is 62.0 Å². The average molecular weight is 1490 g/mol. The van der Waals surface area contributed by atoms with E-state index in [-0.39, 0.29) is 83.4 Å². The second-order valence-corrected chi connectivity index (χ2v) is 23.9. The molecule has 13 aromatic rings. The van der Waals surface area contributed by atoms with Crippen molar-refractivity contribution < 1.29 is 83.6 Å². The molecule has 0 atom stereocenters. The van der Waals surface area contributed by atoms with E-state index in [9.17, 15) is 54.6 Å². The highest BCUT2D eigenvalue weighted by atomic mass is 79.9. The standard InChI is InChI=1S/C19H18F2N2O3.C17H14F2N2O3.C16H13BrF2N2O.C16H14F2N2O.C5H6BNO3/c1-4-25-19(24)17-12(3)22-18-16(8-11(2)9-23(17)18)26-10-13-14(20)6-5-7-15(13)21;1-9-6-14(24-8-11-12(18)4-3-5-13(11)19)16-20-10(2)15(17(22)23)21(16)7-9;1-9-6-14(16-20-10(2)15(17)21(16)7-9)22-8-11-12(18)4-3-5-13(11)19;1-10-6-15(16-19-11(2)8-20(16)7-10)21-9-12-13(17)4-3-5-14(12)18;8-5-3-4(6(9)10)1-2-7-5/h5-9H,4,10H2,1-3H3;3-7H,8H2,1-2H3,(H,22,23);3-7H,8H2,1-2H3;3-8H,9H2,1-2H3;1-3,9-10H,(H,7,8). The number of ether oxygens (including phenoxy) is 5. The van der Waals surface area contributed by atoms with Gasteiger partial charge in [0.1, 0.15) is 77.6 Å². The number of fused-ring (bicyclic) bond motifs is 4. The highest BCUT2D eigenvalue weighted by Crippen LogP contribution is 2.31. The molecule has 13 rings (SSSR count). The molecule has 0 saturated heterocycles. The third kappa shape index (κ3) is 18.2. The minimum atomic E-state index is -1.57. The van der Waals surface area contributed by atoms with Crippen LogP contribution in [0.2, 0.25) is 0 Å². The number of esters is 1. The Hall–Kier alpha value is -11.4. The molecule has 9 heterocycles. The Balaban J connectivity index is 0.000000153. The highest BCUT2D eigenvalue weighted by Gasteiger charge is 2.24. The second kappa shape index (κ2) is 33.4. The number of aromatic nitrogens is 9. The van der Waals surface area contributed by atoms with Gasteiger partial charge in [-0.3, -0.25) is 18.0 Å². The molecule has 0 fully saturated rings. The summed E-state index contributed by atoms with van der Waals surface area (Å²) in [5.74, 6) is -5.27. The van der Waals surface area contributed by atoms with Crippen LogP contribution >= 0.6 is 15.9 Å². The number of H-pyrrole nitrogens is 1. The van der Waals surface area contributed by atoms with Crippen molar-refractivity contribution in [1.29, 1.82) is 0 Å². The Labute approximate surface area is 591 Å². The first-order valence-electron chi connectivity index (χ1n) is 31.3. The number of hydrogen-bond donors (Lipinski definition) is 4. The summed E-state index contributed by atoms with van der Waals surface area (Å²) in [7, 11) is -1.57. The fourth-order valence-corrected chi connectivity index (χ4v) is 10.8. The van der Waals surface area contributed by atoms with Gasteiger partial charge in [-0.1, -0.05) is 24.3 Å². The maximum atomic E-state index is 13.8. The number of aromatic amines is 1. The molecule has 0 amide bonds. The number of carbonyl (C=O) groups is 2. The quantitative estimate of drug-likeness (QED) is 0.0399. The minimum Gasteiger partial charge on any atom is -0.485 e. The zero-order chi connectivity index (χ0) is 74.7. The number of hydrogen-bond acceptors (Lipinski definition) is 14. The van der Waals surface area contributed by atoms with Gasteiger partial charge in [0, 0.05) is 43.2 Å². The maximum Gasteiger partial charge on any atom is 0.488 e. The predicted octanol–water partition coefficient (Wildman–Crippen LogP) is 13.9. The smallest absolute Gasteiger partial charge is 0.485 e. The van der Waals surface area contributed by atoms with Gasteiger partial charge in [-0.15, -0.1) is 0 Å². The number of nitrogens with zero attached hydrogens (tertiary/aromatic N) is 8. The SMILES string of the molecule is CCOC(=O)c1c(C)nc2c(OCc3c(F)cccc3F)cc(C)cn12.Cc1cc(OCc2c(F)cccc2F)c2nc(C)c(Br)n2c1.Cc1cc(OCc2c(F)cccc2F)c2nc(C)c(C(=O)O)n2c1.Cc1cc(OCc2c(F)cccc2F)c2nc(C)cn2c1.O=c1cc(B(O)O)cc[nH]1. The van der Waals surface area contributed by atoms with Gasteiger partial charge >= 0.3 is 19.1 Å². The molecule has 0 aliphatic carbocycles. The third-order valence-corrected chi connectivity index (χ3v) is 16.2. The van der Waals surface area contributed by atoms with Crippen molar-refractivity contribution in [2.24, 2.45) is 0 Å². The number of pyridine rings is 5. The number of carbonyl (C=O) groups excluding carboxylic acids is 1. The van der Waals surface area contributed by atoms with E-state index in [2.05, 4.69) is 40.8 Å². The molecule has 0 radical (unpaired) electrons. The van der Waals surface area contributed by atoms with Gasteiger partial charge in [0.25, 0.3) is 0 Å². The van der Waals surface area contributed by atoms with E-state index >= 15 is 0 Å². The number of halogens is 9. The monoisotopic (exact) mass is 1490 g/mol. The maximum absolute atomic E-state index is 13.8. The fraction of sp³-hybridized carbons (Fsp3) is 0.192. The van der Waals surface area contributed by atoms with Gasteiger partial charge in [0.05, 0.1) is 51.6 Å². The lowest BCUT2D eigenvalue weighted by molar-refractivity contribution is 0.0516. The Morgan fingerprint density at radius 2 is 0.825 bits per heavy atom. The Bertz CT molecular complexity index is 5280. The van der Waals surface area contributed by atoms with Crippen LogP contribution in [0.4, 0.5) is 35.1 Å². The summed E-state index contributed by atoms with van der Waals surface area (Å²) in [5, 5.41) is 26.4. The molecule has 20 nitrogen and oxygen atoms in total. The van der Waals surface area contributed by atoms with Crippen molar-refractivity contribution >= 4 is 63.0 Å². The van der Waals surface area contributed by atoms with E-state index in [0.29, 0.717) is 51.3 Å². The van der Waals surface area contributed by atoms with Gasteiger partial charge in [-0.2, -0.15) is 0 Å². The first-order chi connectivity index (χ1) is 49.0. The first-order valence-corrected chi connectivity index (χ1v) is 32.1. The molecule has 4 aromatic carbocycles. The lowest BCUT2D eigenvalue weighted by atomic mass is 9.81. The normalized spacial score (nSPS) is 10.9. The second-order valence-electron chi connectivity index (χ2n) is 23.1. The van der Waals surface area contributed by atoms with E-state index in [1.54, 1.807) is 68.8 Å². The van der Waals surface area contributed by atoms with Crippen LogP contribution in [0.1, 0.15) is 95.2 Å². The molecule has 0 saturated carbocycles.